The quantitative estimate of drug-likeness (QED) is 0.642. The van der Waals surface area contributed by atoms with Crippen molar-refractivity contribution < 1.29 is 14.3 Å². The molecule has 5 nitrogen and oxygen atoms in total. The van der Waals surface area contributed by atoms with E-state index in [9.17, 15) is 9.59 Å². The molecule has 132 valence electrons. The molecule has 1 saturated heterocycles. The topological polar surface area (TPSA) is 72.6 Å². The highest BCUT2D eigenvalue weighted by atomic mass is 16.5. The van der Waals surface area contributed by atoms with Crippen molar-refractivity contribution in [2.75, 3.05) is 19.7 Å². The number of piperidine rings is 1. The third-order valence-corrected chi connectivity index (χ3v) is 4.71. The molecule has 1 aromatic rings. The minimum atomic E-state index is -0.0302. The highest BCUT2D eigenvalue weighted by Gasteiger charge is 2.34. The van der Waals surface area contributed by atoms with Crippen molar-refractivity contribution in [2.45, 2.75) is 46.1 Å². The number of carbonyl (C=O) groups excluding carboxylic acids is 2. The van der Waals surface area contributed by atoms with Gasteiger partial charge in [-0.3, -0.25) is 9.59 Å². The fourth-order valence-corrected chi connectivity index (χ4v) is 2.96. The van der Waals surface area contributed by atoms with Crippen LogP contribution in [-0.2, 0) is 4.79 Å². The third kappa shape index (κ3) is 4.81. The highest BCUT2D eigenvalue weighted by Crippen LogP contribution is 2.28. The summed E-state index contributed by atoms with van der Waals surface area (Å²) in [6.07, 6.45) is 1.98. The largest absolute Gasteiger partial charge is 0.494 e. The first-order chi connectivity index (χ1) is 11.3. The van der Waals surface area contributed by atoms with Gasteiger partial charge in [-0.05, 0) is 37.3 Å². The number of Topliss-reactive ketones (excluding diaryl/α,β-unsaturated/α-hetero) is 1. The monoisotopic (exact) mass is 332 g/mol. The van der Waals surface area contributed by atoms with Crippen molar-refractivity contribution in [1.29, 1.82) is 0 Å². The molecular weight excluding hydrogens is 304 g/mol. The zero-order valence-corrected chi connectivity index (χ0v) is 14.9. The molecule has 2 rings (SSSR count). The molecule has 0 aliphatic carbocycles. The fourth-order valence-electron chi connectivity index (χ4n) is 2.96. The van der Waals surface area contributed by atoms with Crippen LogP contribution in [0.1, 0.15) is 50.4 Å². The van der Waals surface area contributed by atoms with Crippen molar-refractivity contribution in [1.82, 2.24) is 4.90 Å². The summed E-state index contributed by atoms with van der Waals surface area (Å²) in [4.78, 5) is 25.6. The van der Waals surface area contributed by atoms with Gasteiger partial charge in [0.1, 0.15) is 5.75 Å². The van der Waals surface area contributed by atoms with E-state index in [0.29, 0.717) is 37.3 Å². The minimum absolute atomic E-state index is 0.0153. The van der Waals surface area contributed by atoms with E-state index in [2.05, 4.69) is 13.8 Å². The van der Waals surface area contributed by atoms with Crippen LogP contribution >= 0.6 is 0 Å². The molecule has 1 heterocycles. The van der Waals surface area contributed by atoms with Crippen molar-refractivity contribution >= 4 is 11.7 Å². The fraction of sp³-hybridized carbons (Fsp3) is 0.579. The van der Waals surface area contributed by atoms with Crippen LogP contribution in [0.15, 0.2) is 24.3 Å². The maximum atomic E-state index is 12.3. The van der Waals surface area contributed by atoms with E-state index in [1.54, 1.807) is 18.2 Å². The van der Waals surface area contributed by atoms with Crippen molar-refractivity contribution in [3.8, 4) is 5.75 Å². The van der Waals surface area contributed by atoms with Gasteiger partial charge in [-0.15, -0.1) is 0 Å². The second-order valence-electron chi connectivity index (χ2n) is 7.24. The molecule has 0 saturated carbocycles. The Labute approximate surface area is 144 Å². The van der Waals surface area contributed by atoms with Crippen molar-refractivity contribution in [3.63, 3.8) is 0 Å². The number of ether oxygens (including phenoxy) is 1. The van der Waals surface area contributed by atoms with Crippen LogP contribution in [0.25, 0.3) is 0 Å². The second-order valence-corrected chi connectivity index (χ2v) is 7.24. The third-order valence-electron chi connectivity index (χ3n) is 4.71. The number of likely N-dealkylation sites (tertiary alicyclic amines) is 1. The maximum absolute atomic E-state index is 12.3. The van der Waals surface area contributed by atoms with Gasteiger partial charge in [0, 0.05) is 31.1 Å². The van der Waals surface area contributed by atoms with Crippen LogP contribution in [0, 0.1) is 5.41 Å². The Morgan fingerprint density at radius 3 is 2.79 bits per heavy atom. The Kier molecular flexibility index (Phi) is 5.99. The summed E-state index contributed by atoms with van der Waals surface area (Å²) in [6, 6.07) is 7.28. The van der Waals surface area contributed by atoms with E-state index in [1.165, 1.54) is 6.92 Å². The Morgan fingerprint density at radius 1 is 1.38 bits per heavy atom. The molecule has 1 aliphatic rings. The number of nitrogens with two attached hydrogens (primary N) is 1. The molecule has 1 atom stereocenters. The molecular formula is C19H28N2O3. The molecule has 0 radical (unpaired) electrons. The van der Waals surface area contributed by atoms with Gasteiger partial charge >= 0.3 is 0 Å². The Bertz CT molecular complexity index is 598. The number of amides is 1. The number of hydrogen-bond donors (Lipinski definition) is 1. The Balaban J connectivity index is 1.75. The van der Waals surface area contributed by atoms with Crippen LogP contribution < -0.4 is 10.5 Å². The van der Waals surface area contributed by atoms with Gasteiger partial charge in [0.15, 0.2) is 5.78 Å². The lowest BCUT2D eigenvalue weighted by molar-refractivity contribution is -0.134. The molecule has 1 fully saturated rings. The lowest BCUT2D eigenvalue weighted by Gasteiger charge is -2.42. The van der Waals surface area contributed by atoms with E-state index < -0.39 is 0 Å². The van der Waals surface area contributed by atoms with Crippen LogP contribution in [0.4, 0.5) is 0 Å². The molecule has 1 amide bonds. The van der Waals surface area contributed by atoms with Crippen LogP contribution in [0.5, 0.6) is 5.75 Å². The Hall–Kier alpha value is -1.88. The zero-order valence-electron chi connectivity index (χ0n) is 14.9. The summed E-state index contributed by atoms with van der Waals surface area (Å²) in [5.41, 5.74) is 6.72. The molecule has 0 bridgehead atoms. The van der Waals surface area contributed by atoms with Gasteiger partial charge in [0.2, 0.25) is 5.91 Å². The number of rotatable bonds is 6. The average molecular weight is 332 g/mol. The lowest BCUT2D eigenvalue weighted by atomic mass is 9.79. The summed E-state index contributed by atoms with van der Waals surface area (Å²) in [6.45, 7) is 7.68. The van der Waals surface area contributed by atoms with E-state index in [1.807, 2.05) is 11.0 Å². The molecule has 1 aliphatic heterocycles. The minimum Gasteiger partial charge on any atom is -0.494 e. The second kappa shape index (κ2) is 7.79. The van der Waals surface area contributed by atoms with Crippen LogP contribution in [0.3, 0.4) is 0 Å². The van der Waals surface area contributed by atoms with E-state index in [4.69, 9.17) is 10.5 Å². The predicted molar refractivity (Wildman–Crippen MR) is 94.1 cm³/mol. The van der Waals surface area contributed by atoms with Crippen molar-refractivity contribution in [3.05, 3.63) is 29.8 Å². The highest BCUT2D eigenvalue weighted by molar-refractivity contribution is 5.94. The maximum Gasteiger partial charge on any atom is 0.222 e. The molecule has 2 N–H and O–H groups in total. The first kappa shape index (κ1) is 18.5. The summed E-state index contributed by atoms with van der Waals surface area (Å²) in [5, 5.41) is 0. The summed E-state index contributed by atoms with van der Waals surface area (Å²) in [7, 11) is 0. The molecule has 5 heteroatoms. The molecule has 1 unspecified atom stereocenters. The molecule has 24 heavy (non-hydrogen) atoms. The van der Waals surface area contributed by atoms with Crippen LogP contribution in [-0.4, -0.2) is 42.3 Å². The van der Waals surface area contributed by atoms with Gasteiger partial charge in [0.25, 0.3) is 0 Å². The summed E-state index contributed by atoms with van der Waals surface area (Å²) < 4.78 is 5.65. The smallest absolute Gasteiger partial charge is 0.222 e. The van der Waals surface area contributed by atoms with Gasteiger partial charge < -0.3 is 15.4 Å². The number of hydrogen-bond acceptors (Lipinski definition) is 4. The SMILES string of the molecule is CC(=O)c1cccc(OCCCC(=O)N2CCC(N)C(C)(C)C2)c1. The number of nitrogens with zero attached hydrogens (tertiary/aromatic N) is 1. The number of carbonyl (C=O) groups is 2. The first-order valence-electron chi connectivity index (χ1n) is 8.57. The molecule has 0 aromatic heterocycles. The van der Waals surface area contributed by atoms with Gasteiger partial charge in [0.05, 0.1) is 6.61 Å². The number of benzene rings is 1. The first-order valence-corrected chi connectivity index (χ1v) is 8.57. The van der Waals surface area contributed by atoms with E-state index in [0.717, 1.165) is 13.0 Å². The molecule has 1 aromatic carbocycles. The average Bonchev–Trinajstić information content (AvgIpc) is 2.54. The Morgan fingerprint density at radius 2 is 2.12 bits per heavy atom. The van der Waals surface area contributed by atoms with Gasteiger partial charge in [-0.1, -0.05) is 26.0 Å². The summed E-state index contributed by atoms with van der Waals surface area (Å²) in [5.74, 6) is 0.845. The predicted octanol–water partition coefficient (Wildman–Crippen LogP) is 2.63. The zero-order chi connectivity index (χ0) is 17.7. The normalized spacial score (nSPS) is 19.8. The van der Waals surface area contributed by atoms with Crippen LogP contribution in [0.2, 0.25) is 0 Å². The van der Waals surface area contributed by atoms with E-state index >= 15 is 0 Å². The molecule has 0 spiro atoms. The van der Waals surface area contributed by atoms with Gasteiger partial charge in [-0.2, -0.15) is 0 Å². The lowest BCUT2D eigenvalue weighted by Crippen LogP contribution is -2.54. The van der Waals surface area contributed by atoms with Gasteiger partial charge in [-0.25, -0.2) is 0 Å². The standard InChI is InChI=1S/C19H28N2O3/c1-14(22)15-6-4-7-16(12-15)24-11-5-8-18(23)21-10-9-17(20)19(2,3)13-21/h4,6-7,12,17H,5,8-11,13,20H2,1-3H3. The van der Waals surface area contributed by atoms with E-state index in [-0.39, 0.29) is 23.1 Å². The number of ketones is 1. The summed E-state index contributed by atoms with van der Waals surface area (Å²) >= 11 is 0. The van der Waals surface area contributed by atoms with Crippen molar-refractivity contribution in [2.24, 2.45) is 11.1 Å².